The van der Waals surface area contributed by atoms with E-state index in [-0.39, 0.29) is 0 Å². The molecule has 0 radical (unpaired) electrons. The van der Waals surface area contributed by atoms with Crippen molar-refractivity contribution in [3.63, 3.8) is 0 Å². The summed E-state index contributed by atoms with van der Waals surface area (Å²) in [6.07, 6.45) is 0. The van der Waals surface area contributed by atoms with Gasteiger partial charge >= 0.3 is 0 Å². The molecule has 0 amide bonds. The molecule has 8 nitrogen and oxygen atoms in total. The lowest BCUT2D eigenvalue weighted by Gasteiger charge is -2.34. The van der Waals surface area contributed by atoms with Gasteiger partial charge in [-0.05, 0) is 49.5 Å². The maximum absolute atomic E-state index is 4.85. The Morgan fingerprint density at radius 3 is 2.41 bits per heavy atom. The van der Waals surface area contributed by atoms with Crippen LogP contribution < -0.4 is 4.90 Å². The van der Waals surface area contributed by atoms with E-state index in [0.29, 0.717) is 0 Å². The summed E-state index contributed by atoms with van der Waals surface area (Å²) in [7, 11) is 2.18. The molecule has 1 aliphatic heterocycles. The molecule has 0 bridgehead atoms. The summed E-state index contributed by atoms with van der Waals surface area (Å²) in [5, 5.41) is 8.74. The maximum Gasteiger partial charge on any atom is 0.159 e. The molecular formula is C26H24N8. The fraction of sp³-hybridized carbons (Fsp3) is 0.192. The van der Waals surface area contributed by atoms with Gasteiger partial charge in [0.25, 0.3) is 0 Å². The van der Waals surface area contributed by atoms with Gasteiger partial charge in [0.15, 0.2) is 5.82 Å². The van der Waals surface area contributed by atoms with Gasteiger partial charge in [-0.3, -0.25) is 5.10 Å². The Balaban J connectivity index is 1.23. The monoisotopic (exact) mass is 448 g/mol. The van der Waals surface area contributed by atoms with Gasteiger partial charge in [0, 0.05) is 42.8 Å². The van der Waals surface area contributed by atoms with Crippen molar-refractivity contribution in [2.24, 2.45) is 0 Å². The van der Waals surface area contributed by atoms with Crippen LogP contribution in [0.1, 0.15) is 0 Å². The van der Waals surface area contributed by atoms with Crippen LogP contribution in [0, 0.1) is 0 Å². The Kier molecular flexibility index (Phi) is 4.22. The predicted octanol–water partition coefficient (Wildman–Crippen LogP) is 4.40. The quantitative estimate of drug-likeness (QED) is 0.373. The number of piperazine rings is 1. The third-order valence-electron chi connectivity index (χ3n) is 6.78. The number of rotatable bonds is 3. The summed E-state index contributed by atoms with van der Waals surface area (Å²) in [6, 6.07) is 20.8. The van der Waals surface area contributed by atoms with Crippen molar-refractivity contribution < 1.29 is 0 Å². The summed E-state index contributed by atoms with van der Waals surface area (Å²) >= 11 is 0. The molecule has 0 aliphatic carbocycles. The van der Waals surface area contributed by atoms with Gasteiger partial charge in [0.1, 0.15) is 11.5 Å². The normalized spacial score (nSPS) is 15.1. The van der Waals surface area contributed by atoms with E-state index in [0.717, 1.165) is 82.1 Å². The van der Waals surface area contributed by atoms with E-state index in [1.54, 1.807) is 0 Å². The van der Waals surface area contributed by atoms with E-state index < -0.39 is 0 Å². The van der Waals surface area contributed by atoms with Crippen molar-refractivity contribution in [2.75, 3.05) is 38.1 Å². The second-order valence-electron chi connectivity index (χ2n) is 9.01. The molecule has 0 spiro atoms. The first-order valence-corrected chi connectivity index (χ1v) is 11.6. The van der Waals surface area contributed by atoms with Crippen molar-refractivity contribution in [2.45, 2.75) is 0 Å². The number of benzene rings is 3. The number of imidazole rings is 2. The number of aromatic amines is 3. The molecule has 4 heterocycles. The van der Waals surface area contributed by atoms with Gasteiger partial charge in [-0.25, -0.2) is 9.97 Å². The summed E-state index contributed by atoms with van der Waals surface area (Å²) in [6.45, 7) is 4.28. The van der Waals surface area contributed by atoms with Gasteiger partial charge in [-0.1, -0.05) is 18.2 Å². The number of aromatic nitrogens is 6. The van der Waals surface area contributed by atoms with Crippen LogP contribution in [0.2, 0.25) is 0 Å². The van der Waals surface area contributed by atoms with Crippen molar-refractivity contribution in [1.82, 2.24) is 35.0 Å². The Bertz CT molecular complexity index is 1610. The van der Waals surface area contributed by atoms with Gasteiger partial charge in [-0.15, -0.1) is 0 Å². The minimum atomic E-state index is 0.764. The lowest BCUT2D eigenvalue weighted by Crippen LogP contribution is -2.44. The van der Waals surface area contributed by atoms with Crippen LogP contribution in [0.5, 0.6) is 0 Å². The van der Waals surface area contributed by atoms with Crippen LogP contribution in [0.15, 0.2) is 60.7 Å². The highest BCUT2D eigenvalue weighted by Gasteiger charge is 2.17. The zero-order valence-corrected chi connectivity index (χ0v) is 18.8. The Hall–Kier alpha value is -4.17. The smallest absolute Gasteiger partial charge is 0.159 e. The topological polar surface area (TPSA) is 92.5 Å². The van der Waals surface area contributed by atoms with Crippen LogP contribution in [-0.2, 0) is 0 Å². The van der Waals surface area contributed by atoms with Crippen LogP contribution >= 0.6 is 0 Å². The first-order valence-electron chi connectivity index (χ1n) is 11.6. The van der Waals surface area contributed by atoms with E-state index in [1.165, 1.54) is 5.69 Å². The van der Waals surface area contributed by atoms with E-state index in [9.17, 15) is 0 Å². The number of para-hydroxylation sites is 2. The number of hydrogen-bond donors (Lipinski definition) is 3. The maximum atomic E-state index is 4.85. The fourth-order valence-corrected chi connectivity index (χ4v) is 4.81. The molecule has 3 N–H and O–H groups in total. The molecule has 1 fully saturated rings. The van der Waals surface area contributed by atoms with Gasteiger partial charge in [0.05, 0.1) is 27.6 Å². The third kappa shape index (κ3) is 3.14. The molecule has 6 aromatic rings. The lowest BCUT2D eigenvalue weighted by atomic mass is 10.1. The predicted molar refractivity (Wildman–Crippen MR) is 136 cm³/mol. The average Bonchev–Trinajstić information content (AvgIpc) is 3.59. The second-order valence-corrected chi connectivity index (χ2v) is 9.01. The zero-order chi connectivity index (χ0) is 22.6. The average molecular weight is 449 g/mol. The number of likely N-dealkylation sites (N-methyl/N-ethyl adjacent to an activating group) is 1. The molecule has 7 rings (SSSR count). The van der Waals surface area contributed by atoms with E-state index in [1.807, 2.05) is 24.3 Å². The highest BCUT2D eigenvalue weighted by Crippen LogP contribution is 2.30. The van der Waals surface area contributed by atoms with Gasteiger partial charge in [-0.2, -0.15) is 5.10 Å². The van der Waals surface area contributed by atoms with Crippen LogP contribution in [-0.4, -0.2) is 68.3 Å². The molecule has 168 valence electrons. The third-order valence-corrected chi connectivity index (χ3v) is 6.78. The molecule has 1 aliphatic rings. The number of fused-ring (bicyclic) bond motifs is 3. The molecule has 0 unspecified atom stereocenters. The standard InChI is InChI=1S/C26H24N8/c1-33-10-12-34(13-11-33)17-7-9-21-23(15-17)30-25(27-21)16-6-8-18-22(14-16)31-32-24(18)26-28-19-4-2-3-5-20(19)29-26/h2-9,14-15H,10-13H2,1H3,(H,27,30)(H,28,29)(H,31,32). The zero-order valence-electron chi connectivity index (χ0n) is 18.8. The number of nitrogens with one attached hydrogen (secondary N) is 3. The Morgan fingerprint density at radius 2 is 1.53 bits per heavy atom. The van der Waals surface area contributed by atoms with Gasteiger partial charge < -0.3 is 19.8 Å². The molecule has 3 aromatic carbocycles. The van der Waals surface area contributed by atoms with E-state index >= 15 is 0 Å². The van der Waals surface area contributed by atoms with E-state index in [2.05, 4.69) is 73.4 Å². The molecule has 34 heavy (non-hydrogen) atoms. The molecule has 0 saturated carbocycles. The molecule has 0 atom stereocenters. The number of H-pyrrole nitrogens is 3. The van der Waals surface area contributed by atoms with Crippen LogP contribution in [0.3, 0.4) is 0 Å². The fourth-order valence-electron chi connectivity index (χ4n) is 4.81. The molecular weight excluding hydrogens is 424 g/mol. The minimum Gasteiger partial charge on any atom is -0.369 e. The Morgan fingerprint density at radius 1 is 0.735 bits per heavy atom. The first kappa shape index (κ1) is 19.3. The molecule has 1 saturated heterocycles. The summed E-state index contributed by atoms with van der Waals surface area (Å²) < 4.78 is 0. The minimum absolute atomic E-state index is 0.764. The van der Waals surface area contributed by atoms with Crippen LogP contribution in [0.25, 0.3) is 55.9 Å². The van der Waals surface area contributed by atoms with Crippen molar-refractivity contribution in [3.8, 4) is 22.9 Å². The summed E-state index contributed by atoms with van der Waals surface area (Å²) in [4.78, 5) is 21.2. The molecule has 8 heteroatoms. The number of anilines is 1. The lowest BCUT2D eigenvalue weighted by molar-refractivity contribution is 0.313. The van der Waals surface area contributed by atoms with Crippen LogP contribution in [0.4, 0.5) is 5.69 Å². The summed E-state index contributed by atoms with van der Waals surface area (Å²) in [5.41, 5.74) is 8.00. The van der Waals surface area contributed by atoms with E-state index in [4.69, 9.17) is 9.97 Å². The number of hydrogen-bond acceptors (Lipinski definition) is 5. The van der Waals surface area contributed by atoms with Gasteiger partial charge in [0.2, 0.25) is 0 Å². The largest absolute Gasteiger partial charge is 0.369 e. The van der Waals surface area contributed by atoms with Crippen molar-refractivity contribution in [1.29, 1.82) is 0 Å². The van der Waals surface area contributed by atoms with Crippen molar-refractivity contribution >= 4 is 38.7 Å². The highest BCUT2D eigenvalue weighted by molar-refractivity contribution is 5.95. The number of nitrogens with zero attached hydrogens (tertiary/aromatic N) is 5. The second kappa shape index (κ2) is 7.43. The molecule has 3 aromatic heterocycles. The van der Waals surface area contributed by atoms with Crippen molar-refractivity contribution in [3.05, 3.63) is 60.7 Å². The SMILES string of the molecule is CN1CCN(c2ccc3nc(-c4ccc5c(-c6nc7ccccc7[nH]6)n[nH]c5c4)[nH]c3c2)CC1. The highest BCUT2D eigenvalue weighted by atomic mass is 15.2. The first-order chi connectivity index (χ1) is 16.7. The Labute approximate surface area is 195 Å². The summed E-state index contributed by atoms with van der Waals surface area (Å²) in [5.74, 6) is 1.62.